The van der Waals surface area contributed by atoms with Crippen molar-refractivity contribution in [2.45, 2.75) is 19.9 Å². The van der Waals surface area contributed by atoms with Crippen LogP contribution in [0.2, 0.25) is 0 Å². The summed E-state index contributed by atoms with van der Waals surface area (Å²) in [7, 11) is 3.11. The highest BCUT2D eigenvalue weighted by Gasteiger charge is 2.31. The molecule has 1 aliphatic rings. The Morgan fingerprint density at radius 2 is 1.70 bits per heavy atom. The van der Waals surface area contributed by atoms with Crippen LogP contribution in [0.3, 0.4) is 0 Å². The van der Waals surface area contributed by atoms with Gasteiger partial charge in [0.2, 0.25) is 0 Å². The van der Waals surface area contributed by atoms with Gasteiger partial charge in [0.15, 0.2) is 11.5 Å². The third-order valence-electron chi connectivity index (χ3n) is 5.60. The molecule has 4 rings (SSSR count). The van der Waals surface area contributed by atoms with Gasteiger partial charge < -0.3 is 24.3 Å². The summed E-state index contributed by atoms with van der Waals surface area (Å²) in [6.45, 7) is 2.48. The number of aromatic carboxylic acids is 2. The number of carboxylic acids is 2. The normalized spacial score (nSPS) is 12.1. The van der Waals surface area contributed by atoms with E-state index >= 15 is 0 Å². The van der Waals surface area contributed by atoms with Crippen LogP contribution in [-0.2, 0) is 13.0 Å². The first kappa shape index (κ1) is 19.6. The van der Waals surface area contributed by atoms with Crippen LogP contribution in [0.1, 0.15) is 32.0 Å². The second kappa shape index (κ2) is 7.26. The van der Waals surface area contributed by atoms with Gasteiger partial charge in [-0.2, -0.15) is 0 Å². The minimum Gasteiger partial charge on any atom is -0.493 e. The molecule has 0 atom stereocenters. The Morgan fingerprint density at radius 3 is 2.33 bits per heavy atom. The van der Waals surface area contributed by atoms with Gasteiger partial charge in [0.25, 0.3) is 0 Å². The second-order valence-electron chi connectivity index (χ2n) is 7.14. The van der Waals surface area contributed by atoms with Crippen LogP contribution in [-0.4, -0.2) is 40.9 Å². The first-order chi connectivity index (χ1) is 14.4. The summed E-state index contributed by atoms with van der Waals surface area (Å²) in [4.78, 5) is 23.8. The van der Waals surface area contributed by atoms with E-state index in [0.717, 1.165) is 16.8 Å². The summed E-state index contributed by atoms with van der Waals surface area (Å²) in [5, 5.41) is 19.5. The number of nitrogens with zero attached hydrogens (tertiary/aromatic N) is 1. The minimum absolute atomic E-state index is 0.110. The SMILES string of the molecule is COc1cc2c(cc1OC)-c1c(C(=O)O)c(-c3cccc(C(=O)O)c3)c(C)n1CC2. The summed E-state index contributed by atoms with van der Waals surface area (Å²) >= 11 is 0. The molecule has 3 aromatic rings. The highest BCUT2D eigenvalue weighted by molar-refractivity contribution is 6.05. The third-order valence-corrected chi connectivity index (χ3v) is 5.60. The lowest BCUT2D eigenvalue weighted by Crippen LogP contribution is -2.14. The van der Waals surface area contributed by atoms with Crippen LogP contribution in [0.25, 0.3) is 22.4 Å². The maximum atomic E-state index is 12.4. The number of methoxy groups -OCH3 is 2. The van der Waals surface area contributed by atoms with E-state index in [0.29, 0.717) is 41.3 Å². The molecule has 2 heterocycles. The zero-order valence-corrected chi connectivity index (χ0v) is 16.9. The van der Waals surface area contributed by atoms with Gasteiger partial charge in [0, 0.05) is 23.4 Å². The highest BCUT2D eigenvalue weighted by Crippen LogP contribution is 2.45. The fourth-order valence-corrected chi connectivity index (χ4v) is 4.25. The first-order valence-corrected chi connectivity index (χ1v) is 9.42. The van der Waals surface area contributed by atoms with Gasteiger partial charge in [-0.05, 0) is 48.7 Å². The maximum Gasteiger partial charge on any atom is 0.338 e. The Hall–Kier alpha value is -3.74. The van der Waals surface area contributed by atoms with Crippen molar-refractivity contribution in [3.63, 3.8) is 0 Å². The number of benzene rings is 2. The summed E-state index contributed by atoms with van der Waals surface area (Å²) in [6, 6.07) is 10.1. The van der Waals surface area contributed by atoms with Crippen LogP contribution < -0.4 is 9.47 Å². The predicted octanol–water partition coefficient (Wildman–Crippen LogP) is 4.10. The predicted molar refractivity (Wildman–Crippen MR) is 111 cm³/mol. The van der Waals surface area contributed by atoms with Crippen LogP contribution in [0.5, 0.6) is 11.5 Å². The molecule has 0 unspecified atom stereocenters. The standard InChI is InChI=1S/C23H21NO6/c1-12-19(14-5-4-6-15(9-14)22(25)26)20(23(27)28)21-16-11-18(30-3)17(29-2)10-13(16)7-8-24(12)21/h4-6,9-11H,7-8H2,1-3H3,(H,25,26)(H,27,28). The number of hydrogen-bond donors (Lipinski definition) is 2. The maximum absolute atomic E-state index is 12.4. The van der Waals surface area contributed by atoms with Crippen molar-refractivity contribution in [1.82, 2.24) is 4.57 Å². The topological polar surface area (TPSA) is 98.0 Å². The van der Waals surface area contributed by atoms with Gasteiger partial charge in [-0.15, -0.1) is 0 Å². The fraction of sp³-hybridized carbons (Fsp3) is 0.217. The van der Waals surface area contributed by atoms with Crippen LogP contribution >= 0.6 is 0 Å². The molecule has 30 heavy (non-hydrogen) atoms. The monoisotopic (exact) mass is 407 g/mol. The number of aryl methyl sites for hydroxylation is 1. The van der Waals surface area contributed by atoms with Gasteiger partial charge in [-0.3, -0.25) is 0 Å². The first-order valence-electron chi connectivity index (χ1n) is 9.42. The molecule has 7 nitrogen and oxygen atoms in total. The smallest absolute Gasteiger partial charge is 0.338 e. The van der Waals surface area contributed by atoms with Gasteiger partial charge in [-0.1, -0.05) is 12.1 Å². The quantitative estimate of drug-likeness (QED) is 0.661. The van der Waals surface area contributed by atoms with Crippen molar-refractivity contribution < 1.29 is 29.3 Å². The van der Waals surface area contributed by atoms with E-state index in [1.54, 1.807) is 19.2 Å². The molecule has 7 heteroatoms. The molecule has 0 saturated heterocycles. The average Bonchev–Trinajstić information content (AvgIpc) is 3.05. The molecule has 0 fully saturated rings. The average molecular weight is 407 g/mol. The number of hydrogen-bond acceptors (Lipinski definition) is 4. The molecule has 2 aromatic carbocycles. The summed E-state index contributed by atoms with van der Waals surface area (Å²) in [6.07, 6.45) is 0.714. The fourth-order valence-electron chi connectivity index (χ4n) is 4.25. The summed E-state index contributed by atoms with van der Waals surface area (Å²) < 4.78 is 12.8. The van der Waals surface area contributed by atoms with Crippen molar-refractivity contribution in [2.75, 3.05) is 14.2 Å². The van der Waals surface area contributed by atoms with E-state index in [4.69, 9.17) is 9.47 Å². The van der Waals surface area contributed by atoms with Crippen LogP contribution in [0.4, 0.5) is 0 Å². The number of carboxylic acid groups (broad SMARTS) is 2. The third kappa shape index (κ3) is 2.90. The van der Waals surface area contributed by atoms with E-state index in [-0.39, 0.29) is 11.1 Å². The Balaban J connectivity index is 2.03. The van der Waals surface area contributed by atoms with Crippen LogP contribution in [0, 0.1) is 6.92 Å². The van der Waals surface area contributed by atoms with Crippen molar-refractivity contribution in [3.05, 3.63) is 58.8 Å². The van der Waals surface area contributed by atoms with Crippen molar-refractivity contribution >= 4 is 11.9 Å². The van der Waals surface area contributed by atoms with E-state index < -0.39 is 11.9 Å². The Bertz CT molecular complexity index is 1190. The zero-order valence-electron chi connectivity index (χ0n) is 16.9. The molecule has 0 bridgehead atoms. The van der Waals surface area contributed by atoms with Crippen LogP contribution in [0.15, 0.2) is 36.4 Å². The summed E-state index contributed by atoms with van der Waals surface area (Å²) in [5.74, 6) is -1.00. The molecule has 0 radical (unpaired) electrons. The van der Waals surface area contributed by atoms with Gasteiger partial charge in [0.1, 0.15) is 0 Å². The molecule has 0 saturated carbocycles. The molecular formula is C23H21NO6. The molecule has 154 valence electrons. The van der Waals surface area contributed by atoms with E-state index in [2.05, 4.69) is 0 Å². The molecule has 0 amide bonds. The number of rotatable bonds is 5. The van der Waals surface area contributed by atoms with Crippen molar-refractivity contribution in [2.24, 2.45) is 0 Å². The molecule has 1 aromatic heterocycles. The Labute approximate surface area is 173 Å². The van der Waals surface area contributed by atoms with E-state index in [1.807, 2.05) is 23.6 Å². The highest BCUT2D eigenvalue weighted by atomic mass is 16.5. The van der Waals surface area contributed by atoms with E-state index in [1.165, 1.54) is 19.2 Å². The largest absolute Gasteiger partial charge is 0.493 e. The summed E-state index contributed by atoms with van der Waals surface area (Å²) in [5.41, 5.74) is 4.49. The van der Waals surface area contributed by atoms with E-state index in [9.17, 15) is 19.8 Å². The van der Waals surface area contributed by atoms with Gasteiger partial charge in [0.05, 0.1) is 31.0 Å². The zero-order chi connectivity index (χ0) is 21.6. The number of ether oxygens (including phenoxy) is 2. The Kier molecular flexibility index (Phi) is 4.73. The molecule has 0 aliphatic carbocycles. The van der Waals surface area contributed by atoms with Crippen molar-refractivity contribution in [3.8, 4) is 33.9 Å². The lowest BCUT2D eigenvalue weighted by molar-refractivity contribution is 0.0687. The lowest BCUT2D eigenvalue weighted by atomic mass is 9.93. The second-order valence-corrected chi connectivity index (χ2v) is 7.14. The Morgan fingerprint density at radius 1 is 1.00 bits per heavy atom. The lowest BCUT2D eigenvalue weighted by Gasteiger charge is -2.23. The number of aromatic nitrogens is 1. The minimum atomic E-state index is -1.06. The molecular weight excluding hydrogens is 386 g/mol. The van der Waals surface area contributed by atoms with Crippen molar-refractivity contribution in [1.29, 1.82) is 0 Å². The number of fused-ring (bicyclic) bond motifs is 3. The number of carbonyl (C=O) groups is 2. The molecule has 0 spiro atoms. The van der Waals surface area contributed by atoms with Gasteiger partial charge in [-0.25, -0.2) is 9.59 Å². The molecule has 1 aliphatic heterocycles. The molecule has 2 N–H and O–H groups in total. The van der Waals surface area contributed by atoms with Gasteiger partial charge >= 0.3 is 11.9 Å².